The number of amidine groups is 1. The molecular formula is C12H16N2. The molecule has 0 spiro atoms. The zero-order valence-corrected chi connectivity index (χ0v) is 8.53. The third-order valence-corrected chi connectivity index (χ3v) is 2.64. The summed E-state index contributed by atoms with van der Waals surface area (Å²) in [7, 11) is 0. The first-order chi connectivity index (χ1) is 6.92. The van der Waals surface area contributed by atoms with Crippen molar-refractivity contribution in [1.82, 2.24) is 5.32 Å². The standard InChI is InChI=1S/C12H16N2/c1-2-11(12-13-8-9-14-12)10-6-4-3-5-7-10/h3-7,11H,2,8-9H2,1H3,(H,13,14). The minimum absolute atomic E-state index is 0.457. The van der Waals surface area contributed by atoms with Crippen LogP contribution in [-0.4, -0.2) is 18.9 Å². The van der Waals surface area contributed by atoms with Gasteiger partial charge in [-0.3, -0.25) is 4.99 Å². The van der Waals surface area contributed by atoms with Crippen LogP contribution in [0.2, 0.25) is 0 Å². The van der Waals surface area contributed by atoms with E-state index in [1.54, 1.807) is 0 Å². The quantitative estimate of drug-likeness (QED) is 0.772. The molecule has 0 aliphatic carbocycles. The van der Waals surface area contributed by atoms with Gasteiger partial charge < -0.3 is 5.32 Å². The summed E-state index contributed by atoms with van der Waals surface area (Å²) in [4.78, 5) is 4.49. The maximum Gasteiger partial charge on any atom is 0.104 e. The van der Waals surface area contributed by atoms with Crippen LogP contribution >= 0.6 is 0 Å². The molecule has 1 aromatic carbocycles. The number of aliphatic imine (C=N–C) groups is 1. The highest BCUT2D eigenvalue weighted by Gasteiger charge is 2.17. The van der Waals surface area contributed by atoms with Gasteiger partial charge in [-0.15, -0.1) is 0 Å². The summed E-state index contributed by atoms with van der Waals surface area (Å²) in [6.45, 7) is 4.14. The lowest BCUT2D eigenvalue weighted by molar-refractivity contribution is 0.815. The van der Waals surface area contributed by atoms with Gasteiger partial charge in [0, 0.05) is 12.5 Å². The lowest BCUT2D eigenvalue weighted by Gasteiger charge is -2.15. The molecule has 0 saturated carbocycles. The smallest absolute Gasteiger partial charge is 0.104 e. The van der Waals surface area contributed by atoms with Gasteiger partial charge in [-0.2, -0.15) is 0 Å². The van der Waals surface area contributed by atoms with Crippen molar-refractivity contribution in [2.24, 2.45) is 4.99 Å². The van der Waals surface area contributed by atoms with E-state index in [2.05, 4.69) is 47.6 Å². The van der Waals surface area contributed by atoms with Gasteiger partial charge in [-0.25, -0.2) is 0 Å². The summed E-state index contributed by atoms with van der Waals surface area (Å²) in [6.07, 6.45) is 1.11. The molecule has 0 radical (unpaired) electrons. The predicted molar refractivity (Wildman–Crippen MR) is 59.8 cm³/mol. The molecule has 1 unspecified atom stereocenters. The lowest BCUT2D eigenvalue weighted by Crippen LogP contribution is -2.25. The second-order valence-corrected chi connectivity index (χ2v) is 3.57. The Morgan fingerprint density at radius 2 is 2.14 bits per heavy atom. The number of nitrogens with zero attached hydrogens (tertiary/aromatic N) is 1. The lowest BCUT2D eigenvalue weighted by atomic mass is 9.95. The molecule has 14 heavy (non-hydrogen) atoms. The van der Waals surface area contributed by atoms with E-state index in [9.17, 15) is 0 Å². The van der Waals surface area contributed by atoms with Gasteiger partial charge in [0.25, 0.3) is 0 Å². The molecule has 0 amide bonds. The number of rotatable bonds is 3. The van der Waals surface area contributed by atoms with E-state index in [1.807, 2.05) is 0 Å². The summed E-state index contributed by atoms with van der Waals surface area (Å²) in [6, 6.07) is 10.6. The second kappa shape index (κ2) is 4.27. The van der Waals surface area contributed by atoms with Crippen molar-refractivity contribution >= 4 is 5.84 Å². The summed E-state index contributed by atoms with van der Waals surface area (Å²) in [5.41, 5.74) is 1.36. The summed E-state index contributed by atoms with van der Waals surface area (Å²) in [5, 5.41) is 3.36. The Labute approximate surface area is 85.1 Å². The Bertz CT molecular complexity index is 316. The van der Waals surface area contributed by atoms with E-state index < -0.39 is 0 Å². The van der Waals surface area contributed by atoms with Crippen molar-refractivity contribution in [3.05, 3.63) is 35.9 Å². The van der Waals surface area contributed by atoms with Gasteiger partial charge >= 0.3 is 0 Å². The summed E-state index contributed by atoms with van der Waals surface area (Å²) >= 11 is 0. The molecule has 1 atom stereocenters. The predicted octanol–water partition coefficient (Wildman–Crippen LogP) is 2.18. The topological polar surface area (TPSA) is 24.4 Å². The SMILES string of the molecule is CCC(C1=NCCN1)c1ccccc1. The fourth-order valence-electron chi connectivity index (χ4n) is 1.92. The van der Waals surface area contributed by atoms with Gasteiger partial charge in [0.2, 0.25) is 0 Å². The highest BCUT2D eigenvalue weighted by Crippen LogP contribution is 2.21. The van der Waals surface area contributed by atoms with Crippen LogP contribution in [0.25, 0.3) is 0 Å². The van der Waals surface area contributed by atoms with Crippen molar-refractivity contribution in [2.75, 3.05) is 13.1 Å². The minimum Gasteiger partial charge on any atom is -0.371 e. The molecule has 1 N–H and O–H groups in total. The second-order valence-electron chi connectivity index (χ2n) is 3.57. The monoisotopic (exact) mass is 188 g/mol. The Morgan fingerprint density at radius 1 is 1.36 bits per heavy atom. The van der Waals surface area contributed by atoms with Crippen LogP contribution in [0, 0.1) is 0 Å². The molecule has 0 saturated heterocycles. The molecule has 0 fully saturated rings. The van der Waals surface area contributed by atoms with Crippen molar-refractivity contribution < 1.29 is 0 Å². The van der Waals surface area contributed by atoms with Crippen molar-refractivity contribution in [2.45, 2.75) is 19.3 Å². The normalized spacial score (nSPS) is 17.4. The molecule has 0 bridgehead atoms. The van der Waals surface area contributed by atoms with Crippen LogP contribution in [0.5, 0.6) is 0 Å². The maximum absolute atomic E-state index is 4.49. The fourth-order valence-corrected chi connectivity index (χ4v) is 1.92. The Kier molecular flexibility index (Phi) is 2.82. The molecule has 0 aromatic heterocycles. The molecule has 74 valence electrons. The highest BCUT2D eigenvalue weighted by molar-refractivity contribution is 5.90. The third-order valence-electron chi connectivity index (χ3n) is 2.64. The van der Waals surface area contributed by atoms with E-state index in [0.717, 1.165) is 19.5 Å². The van der Waals surface area contributed by atoms with Crippen LogP contribution in [0.3, 0.4) is 0 Å². The first-order valence-corrected chi connectivity index (χ1v) is 5.25. The number of nitrogens with one attached hydrogen (secondary N) is 1. The molecule has 2 heteroatoms. The summed E-state index contributed by atoms with van der Waals surface area (Å²) < 4.78 is 0. The molecule has 2 nitrogen and oxygen atoms in total. The van der Waals surface area contributed by atoms with Gasteiger partial charge in [0.1, 0.15) is 5.84 Å². The van der Waals surface area contributed by atoms with E-state index in [-0.39, 0.29) is 0 Å². The first kappa shape index (κ1) is 9.25. The Balaban J connectivity index is 2.21. The van der Waals surface area contributed by atoms with Gasteiger partial charge in [-0.1, -0.05) is 37.3 Å². The van der Waals surface area contributed by atoms with E-state index in [4.69, 9.17) is 0 Å². The maximum atomic E-state index is 4.49. The van der Waals surface area contributed by atoms with E-state index in [0.29, 0.717) is 5.92 Å². The van der Waals surface area contributed by atoms with Crippen LogP contribution in [-0.2, 0) is 0 Å². The number of hydrogen-bond donors (Lipinski definition) is 1. The third kappa shape index (κ3) is 1.79. The first-order valence-electron chi connectivity index (χ1n) is 5.25. The van der Waals surface area contributed by atoms with Crippen LogP contribution in [0.4, 0.5) is 0 Å². The molecule has 1 aliphatic heterocycles. The van der Waals surface area contributed by atoms with Crippen LogP contribution < -0.4 is 5.32 Å². The largest absolute Gasteiger partial charge is 0.371 e. The molecular weight excluding hydrogens is 172 g/mol. The molecule has 1 aromatic rings. The summed E-state index contributed by atoms with van der Waals surface area (Å²) in [5.74, 6) is 1.62. The zero-order chi connectivity index (χ0) is 9.80. The Morgan fingerprint density at radius 3 is 2.71 bits per heavy atom. The van der Waals surface area contributed by atoms with Crippen LogP contribution in [0.15, 0.2) is 35.3 Å². The van der Waals surface area contributed by atoms with Gasteiger partial charge in [0.05, 0.1) is 6.54 Å². The molecule has 1 aliphatic rings. The Hall–Kier alpha value is -1.31. The van der Waals surface area contributed by atoms with E-state index >= 15 is 0 Å². The number of hydrogen-bond acceptors (Lipinski definition) is 2. The minimum atomic E-state index is 0.457. The number of benzene rings is 1. The average molecular weight is 188 g/mol. The molecule has 1 heterocycles. The van der Waals surface area contributed by atoms with Crippen molar-refractivity contribution in [3.63, 3.8) is 0 Å². The van der Waals surface area contributed by atoms with E-state index in [1.165, 1.54) is 11.4 Å². The van der Waals surface area contributed by atoms with Crippen molar-refractivity contribution in [1.29, 1.82) is 0 Å². The highest BCUT2D eigenvalue weighted by atomic mass is 15.1. The van der Waals surface area contributed by atoms with Crippen LogP contribution in [0.1, 0.15) is 24.8 Å². The fraction of sp³-hybridized carbons (Fsp3) is 0.417. The molecule has 2 rings (SSSR count). The van der Waals surface area contributed by atoms with Gasteiger partial charge in [-0.05, 0) is 12.0 Å². The average Bonchev–Trinajstić information content (AvgIpc) is 2.74. The van der Waals surface area contributed by atoms with Gasteiger partial charge in [0.15, 0.2) is 0 Å². The van der Waals surface area contributed by atoms with Crippen molar-refractivity contribution in [3.8, 4) is 0 Å². The zero-order valence-electron chi connectivity index (χ0n) is 8.53.